The summed E-state index contributed by atoms with van der Waals surface area (Å²) in [6.07, 6.45) is -0.842. The molecule has 2 N–H and O–H groups in total. The van der Waals surface area contributed by atoms with Gasteiger partial charge in [0.1, 0.15) is 0 Å². The maximum absolute atomic E-state index is 11.2. The highest BCUT2D eigenvalue weighted by Crippen LogP contribution is 1.75. The molecule has 0 aliphatic carbocycles. The van der Waals surface area contributed by atoms with Crippen molar-refractivity contribution in [1.82, 2.24) is 5.32 Å². The highest BCUT2D eigenvalue weighted by molar-refractivity contribution is 5.64. The molecule has 0 aliphatic heterocycles. The molecule has 4 heteroatoms. The number of carbonyl (C=O) groups is 1. The van der Waals surface area contributed by atoms with E-state index in [1.54, 1.807) is 0 Å². The van der Waals surface area contributed by atoms with E-state index >= 15 is 0 Å². The fourth-order valence-corrected chi connectivity index (χ4v) is 0.262. The lowest BCUT2D eigenvalue weighted by Crippen LogP contribution is -2.21. The summed E-state index contributed by atoms with van der Waals surface area (Å²) >= 11 is 0. The molecule has 0 atom stereocenters. The number of amides is 1. The van der Waals surface area contributed by atoms with Crippen LogP contribution in [0, 0.1) is 0 Å². The normalized spacial score (nSPS) is 8.62. The van der Waals surface area contributed by atoms with Gasteiger partial charge in [-0.3, -0.25) is 4.39 Å². The Kier molecular flexibility index (Phi) is 3.93. The van der Waals surface area contributed by atoms with E-state index < -0.39 is 12.8 Å². The molecule has 0 aliphatic rings. The predicted octanol–water partition coefficient (Wildman–Crippen LogP) is 0.614. The lowest BCUT2D eigenvalue weighted by Gasteiger charge is -1.93. The smallest absolute Gasteiger partial charge is 0.404 e. The average Bonchev–Trinajstić information content (AvgIpc) is 1.66. The Morgan fingerprint density at radius 3 is 2.75 bits per heavy atom. The number of rotatable bonds is 3. The molecule has 0 spiro atoms. The van der Waals surface area contributed by atoms with Crippen molar-refractivity contribution in [2.75, 3.05) is 13.2 Å². The van der Waals surface area contributed by atoms with Gasteiger partial charge in [0, 0.05) is 6.54 Å². The van der Waals surface area contributed by atoms with E-state index in [9.17, 15) is 9.18 Å². The summed E-state index contributed by atoms with van der Waals surface area (Å²) in [6, 6.07) is 0. The van der Waals surface area contributed by atoms with Gasteiger partial charge in [-0.15, -0.1) is 0 Å². The van der Waals surface area contributed by atoms with Crippen LogP contribution in [0.5, 0.6) is 0 Å². The van der Waals surface area contributed by atoms with Gasteiger partial charge in [-0.05, 0) is 6.42 Å². The molecule has 8 heavy (non-hydrogen) atoms. The first-order valence-corrected chi connectivity index (χ1v) is 2.30. The van der Waals surface area contributed by atoms with E-state index in [1.165, 1.54) is 0 Å². The summed E-state index contributed by atoms with van der Waals surface area (Å²) in [5.41, 5.74) is 0. The molecule has 0 radical (unpaired) electrons. The van der Waals surface area contributed by atoms with Crippen molar-refractivity contribution >= 4 is 6.09 Å². The molecule has 0 aromatic rings. The van der Waals surface area contributed by atoms with Gasteiger partial charge < -0.3 is 10.4 Å². The summed E-state index contributed by atoms with van der Waals surface area (Å²) in [7, 11) is 0. The largest absolute Gasteiger partial charge is 0.465 e. The van der Waals surface area contributed by atoms with Crippen LogP contribution in [0.2, 0.25) is 0 Å². The molecule has 1 amide bonds. The van der Waals surface area contributed by atoms with E-state index in [-0.39, 0.29) is 13.0 Å². The van der Waals surface area contributed by atoms with Crippen LogP contribution in [0.25, 0.3) is 0 Å². The van der Waals surface area contributed by atoms with E-state index in [0.29, 0.717) is 0 Å². The van der Waals surface area contributed by atoms with Gasteiger partial charge >= 0.3 is 6.09 Å². The predicted molar refractivity (Wildman–Crippen MR) is 26.6 cm³/mol. The van der Waals surface area contributed by atoms with Crippen LogP contribution in [-0.2, 0) is 0 Å². The summed E-state index contributed by atoms with van der Waals surface area (Å²) in [5.74, 6) is 0. The van der Waals surface area contributed by atoms with Crippen molar-refractivity contribution < 1.29 is 14.3 Å². The number of hydrogen-bond donors (Lipinski definition) is 2. The summed E-state index contributed by atoms with van der Waals surface area (Å²) in [5, 5.41) is 9.93. The molecular formula is C4H8FNO2. The molecule has 0 saturated heterocycles. The first-order chi connectivity index (χ1) is 3.77. The fourth-order valence-electron chi connectivity index (χ4n) is 0.262. The third-order valence-corrected chi connectivity index (χ3v) is 0.587. The minimum Gasteiger partial charge on any atom is -0.465 e. The summed E-state index contributed by atoms with van der Waals surface area (Å²) < 4.78 is 11.2. The van der Waals surface area contributed by atoms with Gasteiger partial charge in [0.2, 0.25) is 0 Å². The summed E-state index contributed by atoms with van der Waals surface area (Å²) in [4.78, 5) is 9.64. The zero-order valence-electron chi connectivity index (χ0n) is 4.35. The quantitative estimate of drug-likeness (QED) is 0.537. The van der Waals surface area contributed by atoms with Crippen LogP contribution in [0.4, 0.5) is 9.18 Å². The molecule has 0 rings (SSSR count). The molecular weight excluding hydrogens is 113 g/mol. The first-order valence-electron chi connectivity index (χ1n) is 2.30. The molecule has 0 unspecified atom stereocenters. The van der Waals surface area contributed by atoms with Gasteiger partial charge in [0.15, 0.2) is 0 Å². The monoisotopic (exact) mass is 121 g/mol. The summed E-state index contributed by atoms with van der Waals surface area (Å²) in [6.45, 7) is -0.272. The molecule has 48 valence electrons. The Labute approximate surface area is 46.5 Å². The first kappa shape index (κ1) is 7.20. The zero-order valence-corrected chi connectivity index (χ0v) is 4.35. The Bertz CT molecular complexity index is 76.4. The van der Waals surface area contributed by atoms with Crippen LogP contribution >= 0.6 is 0 Å². The van der Waals surface area contributed by atoms with E-state index in [1.807, 2.05) is 5.32 Å². The lowest BCUT2D eigenvalue weighted by molar-refractivity contribution is 0.194. The Balaban J connectivity index is 2.82. The Morgan fingerprint density at radius 2 is 2.38 bits per heavy atom. The molecule has 0 heterocycles. The number of alkyl halides is 1. The second-order valence-electron chi connectivity index (χ2n) is 1.27. The Morgan fingerprint density at radius 1 is 1.75 bits per heavy atom. The average molecular weight is 121 g/mol. The van der Waals surface area contributed by atoms with Crippen LogP contribution in [0.3, 0.4) is 0 Å². The second-order valence-corrected chi connectivity index (χ2v) is 1.27. The van der Waals surface area contributed by atoms with Crippen LogP contribution in [0.1, 0.15) is 6.42 Å². The maximum atomic E-state index is 11.2. The maximum Gasteiger partial charge on any atom is 0.404 e. The van der Waals surface area contributed by atoms with Gasteiger partial charge in [-0.2, -0.15) is 0 Å². The highest BCUT2D eigenvalue weighted by atomic mass is 19.1. The zero-order chi connectivity index (χ0) is 6.41. The molecule has 0 fully saturated rings. The second kappa shape index (κ2) is 4.36. The van der Waals surface area contributed by atoms with E-state index in [2.05, 4.69) is 0 Å². The van der Waals surface area contributed by atoms with E-state index in [0.717, 1.165) is 0 Å². The highest BCUT2D eigenvalue weighted by Gasteiger charge is 1.90. The molecule has 3 nitrogen and oxygen atoms in total. The fraction of sp³-hybridized carbons (Fsp3) is 0.750. The number of nitrogens with one attached hydrogen (secondary N) is 1. The van der Waals surface area contributed by atoms with Gasteiger partial charge in [0.25, 0.3) is 0 Å². The van der Waals surface area contributed by atoms with Crippen molar-refractivity contribution in [1.29, 1.82) is 0 Å². The molecule has 0 bridgehead atoms. The number of halogens is 1. The lowest BCUT2D eigenvalue weighted by atomic mass is 10.5. The van der Waals surface area contributed by atoms with Crippen LogP contribution < -0.4 is 5.32 Å². The molecule has 0 saturated carbocycles. The van der Waals surface area contributed by atoms with Crippen molar-refractivity contribution in [2.45, 2.75) is 6.42 Å². The van der Waals surface area contributed by atoms with Gasteiger partial charge in [-0.1, -0.05) is 0 Å². The topological polar surface area (TPSA) is 49.3 Å². The van der Waals surface area contributed by atoms with Crippen molar-refractivity contribution in [2.24, 2.45) is 0 Å². The van der Waals surface area contributed by atoms with Crippen molar-refractivity contribution in [3.05, 3.63) is 0 Å². The standard InChI is InChI=1S/C4H8FNO2/c5-2-1-3-6-4(7)8/h6H,1-3H2,(H,7,8). The van der Waals surface area contributed by atoms with Crippen LogP contribution in [-0.4, -0.2) is 24.4 Å². The van der Waals surface area contributed by atoms with Crippen molar-refractivity contribution in [3.8, 4) is 0 Å². The third-order valence-electron chi connectivity index (χ3n) is 0.587. The van der Waals surface area contributed by atoms with E-state index in [4.69, 9.17) is 5.11 Å². The molecule has 0 aromatic carbocycles. The van der Waals surface area contributed by atoms with Gasteiger partial charge in [0.05, 0.1) is 6.67 Å². The minimum absolute atomic E-state index is 0.200. The Hall–Kier alpha value is -0.800. The van der Waals surface area contributed by atoms with Gasteiger partial charge in [-0.25, -0.2) is 4.79 Å². The minimum atomic E-state index is -1.10. The third kappa shape index (κ3) is 5.20. The molecule has 0 aromatic heterocycles. The van der Waals surface area contributed by atoms with Crippen LogP contribution in [0.15, 0.2) is 0 Å². The SMILES string of the molecule is O=C(O)NCCCF. The number of carboxylic acid groups (broad SMARTS) is 1. The van der Waals surface area contributed by atoms with Crippen molar-refractivity contribution in [3.63, 3.8) is 0 Å². The number of hydrogen-bond acceptors (Lipinski definition) is 1.